The van der Waals surface area contributed by atoms with Gasteiger partial charge in [-0.3, -0.25) is 4.79 Å². The van der Waals surface area contributed by atoms with Gasteiger partial charge in [-0.1, -0.05) is 5.92 Å². The molecule has 0 bridgehead atoms. The SMILES string of the molecule is C#Cc1ccc(C(=O)N[C@H]2CCCN(C(=O)OC(C)(C)C)C2)cc1. The maximum absolute atomic E-state index is 12.3. The number of carbonyl (C=O) groups is 2. The van der Waals surface area contributed by atoms with E-state index in [4.69, 9.17) is 11.2 Å². The summed E-state index contributed by atoms with van der Waals surface area (Å²) in [6.07, 6.45) is 6.65. The van der Waals surface area contributed by atoms with Gasteiger partial charge in [-0.05, 0) is 57.9 Å². The van der Waals surface area contributed by atoms with Gasteiger partial charge < -0.3 is 15.0 Å². The van der Waals surface area contributed by atoms with Crippen LogP contribution in [0.2, 0.25) is 0 Å². The summed E-state index contributed by atoms with van der Waals surface area (Å²) in [4.78, 5) is 26.1. The summed E-state index contributed by atoms with van der Waals surface area (Å²) in [7, 11) is 0. The number of carbonyl (C=O) groups excluding carboxylic acids is 2. The Hall–Kier alpha value is -2.48. The Bertz CT molecular complexity index is 638. The summed E-state index contributed by atoms with van der Waals surface area (Å²) in [5.74, 6) is 2.36. The minimum absolute atomic E-state index is 0.0777. The summed E-state index contributed by atoms with van der Waals surface area (Å²) in [6.45, 7) is 6.64. The normalized spacial score (nSPS) is 17.8. The van der Waals surface area contributed by atoms with Crippen molar-refractivity contribution in [1.29, 1.82) is 0 Å². The Morgan fingerprint density at radius 2 is 1.96 bits per heavy atom. The Morgan fingerprint density at radius 3 is 2.54 bits per heavy atom. The van der Waals surface area contributed by atoms with Crippen molar-refractivity contribution in [2.24, 2.45) is 0 Å². The second kappa shape index (κ2) is 7.39. The first-order valence-corrected chi connectivity index (χ1v) is 8.14. The van der Waals surface area contributed by atoms with E-state index < -0.39 is 5.60 Å². The number of ether oxygens (including phenoxy) is 1. The molecule has 1 saturated heterocycles. The predicted octanol–water partition coefficient (Wildman–Crippen LogP) is 2.80. The summed E-state index contributed by atoms with van der Waals surface area (Å²) in [6, 6.07) is 6.81. The fourth-order valence-corrected chi connectivity index (χ4v) is 2.57. The number of terminal acetylenes is 1. The zero-order chi connectivity index (χ0) is 17.7. The van der Waals surface area contributed by atoms with Crippen LogP contribution >= 0.6 is 0 Å². The standard InChI is InChI=1S/C19H24N2O3/c1-5-14-8-10-15(11-9-14)17(22)20-16-7-6-12-21(13-16)18(23)24-19(2,3)4/h1,8-11,16H,6-7,12-13H2,2-4H3,(H,20,22)/t16-/m0/s1. The zero-order valence-corrected chi connectivity index (χ0v) is 14.5. The van der Waals surface area contributed by atoms with Crippen LogP contribution < -0.4 is 5.32 Å². The van der Waals surface area contributed by atoms with Gasteiger partial charge in [0.15, 0.2) is 0 Å². The third-order valence-electron chi connectivity index (χ3n) is 3.72. The average Bonchev–Trinajstić information content (AvgIpc) is 2.53. The average molecular weight is 328 g/mol. The van der Waals surface area contributed by atoms with E-state index in [1.165, 1.54) is 0 Å². The molecule has 0 unspecified atom stereocenters. The molecule has 5 nitrogen and oxygen atoms in total. The monoisotopic (exact) mass is 328 g/mol. The molecule has 0 saturated carbocycles. The third-order valence-corrected chi connectivity index (χ3v) is 3.72. The molecule has 0 aromatic heterocycles. The third kappa shape index (κ3) is 5.02. The highest BCUT2D eigenvalue weighted by molar-refractivity contribution is 5.94. The molecular formula is C19H24N2O3. The number of nitrogens with zero attached hydrogens (tertiary/aromatic N) is 1. The molecule has 128 valence electrons. The number of amides is 2. The van der Waals surface area contributed by atoms with Crippen LogP contribution in [0.15, 0.2) is 24.3 Å². The minimum Gasteiger partial charge on any atom is -0.444 e. The molecule has 2 rings (SSSR count). The lowest BCUT2D eigenvalue weighted by molar-refractivity contribution is 0.0185. The molecule has 5 heteroatoms. The van der Waals surface area contributed by atoms with Crippen molar-refractivity contribution in [2.75, 3.05) is 13.1 Å². The van der Waals surface area contributed by atoms with Gasteiger partial charge in [-0.15, -0.1) is 6.42 Å². The summed E-state index contributed by atoms with van der Waals surface area (Å²) in [5, 5.41) is 2.98. The lowest BCUT2D eigenvalue weighted by Gasteiger charge is -2.34. The number of nitrogens with one attached hydrogen (secondary N) is 1. The first-order chi connectivity index (χ1) is 11.3. The molecule has 1 N–H and O–H groups in total. The Kier molecular flexibility index (Phi) is 5.50. The molecule has 1 aliphatic rings. The second-order valence-electron chi connectivity index (χ2n) is 6.96. The number of benzene rings is 1. The highest BCUT2D eigenvalue weighted by Gasteiger charge is 2.28. The molecule has 1 heterocycles. The largest absolute Gasteiger partial charge is 0.444 e. The van der Waals surface area contributed by atoms with Crippen molar-refractivity contribution in [3.63, 3.8) is 0 Å². The number of likely N-dealkylation sites (tertiary alicyclic amines) is 1. The highest BCUT2D eigenvalue weighted by Crippen LogP contribution is 2.16. The van der Waals surface area contributed by atoms with Crippen LogP contribution in [-0.2, 0) is 4.74 Å². The topological polar surface area (TPSA) is 58.6 Å². The second-order valence-corrected chi connectivity index (χ2v) is 6.96. The van der Waals surface area contributed by atoms with Crippen LogP contribution in [0.25, 0.3) is 0 Å². The Labute approximate surface area is 143 Å². The quantitative estimate of drug-likeness (QED) is 0.849. The van der Waals surface area contributed by atoms with Crippen molar-refractivity contribution in [2.45, 2.75) is 45.3 Å². The van der Waals surface area contributed by atoms with E-state index in [1.54, 1.807) is 29.2 Å². The van der Waals surface area contributed by atoms with Crippen LogP contribution in [0.5, 0.6) is 0 Å². The number of hydrogen-bond acceptors (Lipinski definition) is 3. The summed E-state index contributed by atoms with van der Waals surface area (Å²) >= 11 is 0. The van der Waals surface area contributed by atoms with Crippen molar-refractivity contribution >= 4 is 12.0 Å². The Morgan fingerprint density at radius 1 is 1.29 bits per heavy atom. The maximum atomic E-state index is 12.3. The van der Waals surface area contributed by atoms with E-state index in [0.717, 1.165) is 18.4 Å². The smallest absolute Gasteiger partial charge is 0.410 e. The van der Waals surface area contributed by atoms with E-state index in [0.29, 0.717) is 18.7 Å². The lowest BCUT2D eigenvalue weighted by Crippen LogP contribution is -2.50. The maximum Gasteiger partial charge on any atom is 0.410 e. The van der Waals surface area contributed by atoms with Gasteiger partial charge in [-0.2, -0.15) is 0 Å². The molecule has 0 radical (unpaired) electrons. The van der Waals surface area contributed by atoms with Gasteiger partial charge in [-0.25, -0.2) is 4.79 Å². The van der Waals surface area contributed by atoms with Gasteiger partial charge >= 0.3 is 6.09 Å². The number of hydrogen-bond donors (Lipinski definition) is 1. The van der Waals surface area contributed by atoms with Gasteiger partial charge in [0, 0.05) is 30.3 Å². The molecule has 24 heavy (non-hydrogen) atoms. The van der Waals surface area contributed by atoms with E-state index >= 15 is 0 Å². The molecule has 1 fully saturated rings. The zero-order valence-electron chi connectivity index (χ0n) is 14.5. The van der Waals surface area contributed by atoms with Crippen molar-refractivity contribution in [3.05, 3.63) is 35.4 Å². The number of piperidine rings is 1. The van der Waals surface area contributed by atoms with E-state index in [-0.39, 0.29) is 18.0 Å². The van der Waals surface area contributed by atoms with Crippen LogP contribution in [0.1, 0.15) is 49.5 Å². The molecule has 1 aliphatic heterocycles. The summed E-state index contributed by atoms with van der Waals surface area (Å²) < 4.78 is 5.40. The fourth-order valence-electron chi connectivity index (χ4n) is 2.57. The molecule has 2 amide bonds. The van der Waals surface area contributed by atoms with Crippen molar-refractivity contribution in [1.82, 2.24) is 10.2 Å². The number of rotatable bonds is 2. The molecule has 0 spiro atoms. The molecule has 0 aliphatic carbocycles. The molecule has 1 aromatic rings. The first-order valence-electron chi connectivity index (χ1n) is 8.14. The van der Waals surface area contributed by atoms with Gasteiger partial charge in [0.05, 0.1) is 0 Å². The van der Waals surface area contributed by atoms with E-state index in [2.05, 4.69) is 11.2 Å². The molecule has 1 atom stereocenters. The van der Waals surface area contributed by atoms with Crippen LogP contribution in [0.3, 0.4) is 0 Å². The van der Waals surface area contributed by atoms with Gasteiger partial charge in [0.2, 0.25) is 0 Å². The van der Waals surface area contributed by atoms with E-state index in [1.807, 2.05) is 20.8 Å². The molecule has 1 aromatic carbocycles. The van der Waals surface area contributed by atoms with Crippen LogP contribution in [0, 0.1) is 12.3 Å². The molecular weight excluding hydrogens is 304 g/mol. The predicted molar refractivity (Wildman–Crippen MR) is 92.7 cm³/mol. The van der Waals surface area contributed by atoms with Crippen LogP contribution in [-0.4, -0.2) is 41.6 Å². The lowest BCUT2D eigenvalue weighted by atomic mass is 10.0. The van der Waals surface area contributed by atoms with Crippen LogP contribution in [0.4, 0.5) is 4.79 Å². The fraction of sp³-hybridized carbons (Fsp3) is 0.474. The highest BCUT2D eigenvalue weighted by atomic mass is 16.6. The summed E-state index contributed by atoms with van der Waals surface area (Å²) in [5.41, 5.74) is 0.773. The van der Waals surface area contributed by atoms with Gasteiger partial charge in [0.1, 0.15) is 5.60 Å². The van der Waals surface area contributed by atoms with Gasteiger partial charge in [0.25, 0.3) is 5.91 Å². The first kappa shape index (κ1) is 17.9. The van der Waals surface area contributed by atoms with E-state index in [9.17, 15) is 9.59 Å². The van der Waals surface area contributed by atoms with Crippen molar-refractivity contribution < 1.29 is 14.3 Å². The minimum atomic E-state index is -0.522. The van der Waals surface area contributed by atoms with Crippen molar-refractivity contribution in [3.8, 4) is 12.3 Å². The Balaban J connectivity index is 1.93.